The molecule has 0 saturated carbocycles. The summed E-state index contributed by atoms with van der Waals surface area (Å²) in [6.07, 6.45) is 5.65. The second-order valence-corrected chi connectivity index (χ2v) is 5.62. The van der Waals surface area contributed by atoms with E-state index < -0.39 is 5.97 Å². The Balaban J connectivity index is 2.30. The fraction of sp³-hybridized carbons (Fsp3) is 0.529. The van der Waals surface area contributed by atoms with Crippen LogP contribution >= 0.6 is 0 Å². The highest BCUT2D eigenvalue weighted by Gasteiger charge is 2.13. The number of benzene rings is 1. The molecular formula is C17H24O4. The van der Waals surface area contributed by atoms with Crippen LogP contribution in [-0.4, -0.2) is 17.0 Å². The van der Waals surface area contributed by atoms with Gasteiger partial charge >= 0.3 is 11.9 Å². The average molecular weight is 292 g/mol. The molecule has 4 nitrogen and oxygen atoms in total. The van der Waals surface area contributed by atoms with Crippen molar-refractivity contribution < 1.29 is 19.4 Å². The van der Waals surface area contributed by atoms with Gasteiger partial charge in [-0.3, -0.25) is 4.79 Å². The van der Waals surface area contributed by atoms with E-state index in [1.807, 2.05) is 0 Å². The van der Waals surface area contributed by atoms with Gasteiger partial charge in [-0.1, -0.05) is 51.7 Å². The summed E-state index contributed by atoms with van der Waals surface area (Å²) in [4.78, 5) is 22.7. The van der Waals surface area contributed by atoms with Gasteiger partial charge in [-0.2, -0.15) is 0 Å². The van der Waals surface area contributed by atoms with E-state index in [1.54, 1.807) is 12.1 Å². The normalized spacial score (nSPS) is 10.6. The van der Waals surface area contributed by atoms with Gasteiger partial charge in [-0.05, 0) is 24.5 Å². The van der Waals surface area contributed by atoms with Gasteiger partial charge in [-0.15, -0.1) is 0 Å². The Kier molecular flexibility index (Phi) is 7.51. The Bertz CT molecular complexity index is 466. The molecule has 0 atom stereocenters. The lowest BCUT2D eigenvalue weighted by Gasteiger charge is -2.07. The summed E-state index contributed by atoms with van der Waals surface area (Å²) in [5, 5.41) is 9.01. The SMILES string of the molecule is CC(C)CCCCCCC(=O)Oc1ccccc1C(=O)O. The molecule has 21 heavy (non-hydrogen) atoms. The van der Waals surface area contributed by atoms with Crippen LogP contribution in [0.25, 0.3) is 0 Å². The van der Waals surface area contributed by atoms with Crippen LogP contribution in [0.2, 0.25) is 0 Å². The van der Waals surface area contributed by atoms with Gasteiger partial charge in [0.15, 0.2) is 0 Å². The standard InChI is InChI=1S/C17H24O4/c1-13(2)9-5-3-4-6-12-16(18)21-15-11-8-7-10-14(15)17(19)20/h7-8,10-11,13H,3-6,9,12H2,1-2H3,(H,19,20). The molecule has 0 aliphatic heterocycles. The largest absolute Gasteiger partial charge is 0.478 e. The van der Waals surface area contributed by atoms with E-state index >= 15 is 0 Å². The van der Waals surface area contributed by atoms with Crippen molar-refractivity contribution in [2.24, 2.45) is 5.92 Å². The molecule has 1 aromatic carbocycles. The number of rotatable bonds is 9. The quantitative estimate of drug-likeness (QED) is 0.419. The fourth-order valence-electron chi connectivity index (χ4n) is 2.08. The van der Waals surface area contributed by atoms with Crippen molar-refractivity contribution in [2.75, 3.05) is 0 Å². The minimum atomic E-state index is -1.09. The molecule has 0 amide bonds. The van der Waals surface area contributed by atoms with E-state index in [0.29, 0.717) is 6.42 Å². The number of carbonyl (C=O) groups excluding carboxylic acids is 1. The number of hydrogen-bond donors (Lipinski definition) is 1. The van der Waals surface area contributed by atoms with Crippen LogP contribution in [-0.2, 0) is 4.79 Å². The molecule has 1 N–H and O–H groups in total. The first-order chi connectivity index (χ1) is 10.0. The van der Waals surface area contributed by atoms with Gasteiger partial charge in [0, 0.05) is 6.42 Å². The summed E-state index contributed by atoms with van der Waals surface area (Å²) in [6, 6.07) is 6.19. The molecule has 0 bridgehead atoms. The number of hydrogen-bond acceptors (Lipinski definition) is 3. The number of ether oxygens (including phenoxy) is 1. The number of aromatic carboxylic acids is 1. The molecule has 116 valence electrons. The predicted molar refractivity (Wildman–Crippen MR) is 81.6 cm³/mol. The maximum absolute atomic E-state index is 11.7. The first-order valence-corrected chi connectivity index (χ1v) is 7.53. The van der Waals surface area contributed by atoms with Gasteiger partial charge in [0.1, 0.15) is 11.3 Å². The van der Waals surface area contributed by atoms with Crippen molar-refractivity contribution in [1.82, 2.24) is 0 Å². The van der Waals surface area contributed by atoms with Gasteiger partial charge in [0.25, 0.3) is 0 Å². The van der Waals surface area contributed by atoms with Crippen LogP contribution in [0, 0.1) is 5.92 Å². The van der Waals surface area contributed by atoms with Crippen LogP contribution in [0.3, 0.4) is 0 Å². The predicted octanol–water partition coefficient (Wildman–Crippen LogP) is 4.29. The number of esters is 1. The highest BCUT2D eigenvalue weighted by Crippen LogP contribution is 2.19. The molecule has 0 aliphatic carbocycles. The Hall–Kier alpha value is -1.84. The molecule has 0 unspecified atom stereocenters. The molecule has 0 saturated heterocycles. The van der Waals surface area contributed by atoms with E-state index in [-0.39, 0.29) is 17.3 Å². The van der Waals surface area contributed by atoms with E-state index in [1.165, 1.54) is 25.0 Å². The fourth-order valence-corrected chi connectivity index (χ4v) is 2.08. The lowest BCUT2D eigenvalue weighted by Crippen LogP contribution is -2.10. The Labute approximate surface area is 126 Å². The third kappa shape index (κ3) is 6.93. The zero-order chi connectivity index (χ0) is 15.7. The molecule has 0 spiro atoms. The molecule has 1 rings (SSSR count). The number of carboxylic acids is 1. The lowest BCUT2D eigenvalue weighted by molar-refractivity contribution is -0.134. The van der Waals surface area contributed by atoms with Crippen molar-refractivity contribution in [3.8, 4) is 5.75 Å². The van der Waals surface area contributed by atoms with Crippen LogP contribution in [0.4, 0.5) is 0 Å². The number of para-hydroxylation sites is 1. The van der Waals surface area contributed by atoms with Crippen molar-refractivity contribution in [3.05, 3.63) is 29.8 Å². The van der Waals surface area contributed by atoms with Crippen LogP contribution in [0.1, 0.15) is 62.7 Å². The van der Waals surface area contributed by atoms with Crippen molar-refractivity contribution in [2.45, 2.75) is 52.4 Å². The van der Waals surface area contributed by atoms with Gasteiger partial charge < -0.3 is 9.84 Å². The average Bonchev–Trinajstić information content (AvgIpc) is 2.42. The Morgan fingerprint density at radius 1 is 1.10 bits per heavy atom. The molecule has 0 aromatic heterocycles. The minimum absolute atomic E-state index is 0.0165. The minimum Gasteiger partial charge on any atom is -0.478 e. The molecular weight excluding hydrogens is 268 g/mol. The first kappa shape index (κ1) is 17.2. The summed E-state index contributed by atoms with van der Waals surface area (Å²) in [7, 11) is 0. The van der Waals surface area contributed by atoms with Crippen LogP contribution in [0.15, 0.2) is 24.3 Å². The van der Waals surface area contributed by atoms with E-state index in [2.05, 4.69) is 13.8 Å². The van der Waals surface area contributed by atoms with Gasteiger partial charge in [0.2, 0.25) is 0 Å². The molecule has 0 heterocycles. The monoisotopic (exact) mass is 292 g/mol. The third-order valence-electron chi connectivity index (χ3n) is 3.25. The zero-order valence-electron chi connectivity index (χ0n) is 12.8. The van der Waals surface area contributed by atoms with Crippen molar-refractivity contribution in [3.63, 3.8) is 0 Å². The molecule has 4 heteroatoms. The zero-order valence-corrected chi connectivity index (χ0v) is 12.8. The first-order valence-electron chi connectivity index (χ1n) is 7.53. The molecule has 1 aromatic rings. The van der Waals surface area contributed by atoms with Crippen LogP contribution in [0.5, 0.6) is 5.75 Å². The molecule has 0 radical (unpaired) electrons. The van der Waals surface area contributed by atoms with E-state index in [4.69, 9.17) is 9.84 Å². The van der Waals surface area contributed by atoms with Crippen molar-refractivity contribution in [1.29, 1.82) is 0 Å². The highest BCUT2D eigenvalue weighted by atomic mass is 16.5. The maximum atomic E-state index is 11.7. The van der Waals surface area contributed by atoms with Gasteiger partial charge in [-0.25, -0.2) is 4.79 Å². The Morgan fingerprint density at radius 2 is 1.76 bits per heavy atom. The third-order valence-corrected chi connectivity index (χ3v) is 3.25. The highest BCUT2D eigenvalue weighted by molar-refractivity contribution is 5.91. The summed E-state index contributed by atoms with van der Waals surface area (Å²) >= 11 is 0. The summed E-state index contributed by atoms with van der Waals surface area (Å²) in [5.41, 5.74) is 0.0165. The summed E-state index contributed by atoms with van der Waals surface area (Å²) in [6.45, 7) is 4.41. The Morgan fingerprint density at radius 3 is 2.43 bits per heavy atom. The second kappa shape index (κ2) is 9.16. The summed E-state index contributed by atoms with van der Waals surface area (Å²) in [5.74, 6) is -0.614. The molecule has 0 aliphatic rings. The number of unbranched alkanes of at least 4 members (excludes halogenated alkanes) is 3. The molecule has 0 fully saturated rings. The maximum Gasteiger partial charge on any atom is 0.339 e. The van der Waals surface area contributed by atoms with Crippen LogP contribution < -0.4 is 4.74 Å². The number of carbonyl (C=O) groups is 2. The van der Waals surface area contributed by atoms with E-state index in [9.17, 15) is 9.59 Å². The van der Waals surface area contributed by atoms with Crippen molar-refractivity contribution >= 4 is 11.9 Å². The smallest absolute Gasteiger partial charge is 0.339 e. The van der Waals surface area contributed by atoms with E-state index in [0.717, 1.165) is 25.2 Å². The number of carboxylic acid groups (broad SMARTS) is 1. The second-order valence-electron chi connectivity index (χ2n) is 5.62. The topological polar surface area (TPSA) is 63.6 Å². The van der Waals surface area contributed by atoms with Gasteiger partial charge in [0.05, 0.1) is 0 Å². The summed E-state index contributed by atoms with van der Waals surface area (Å²) < 4.78 is 5.13. The lowest BCUT2D eigenvalue weighted by atomic mass is 10.0.